The van der Waals surface area contributed by atoms with Gasteiger partial charge in [0.15, 0.2) is 0 Å². The monoisotopic (exact) mass is 685 g/mol. The molecular weight excluding hydrogens is 647 g/mol. The van der Waals surface area contributed by atoms with Crippen molar-refractivity contribution >= 4 is 17.5 Å². The summed E-state index contributed by atoms with van der Waals surface area (Å²) in [5.74, 6) is 0.554. The lowest BCUT2D eigenvalue weighted by atomic mass is 9.82. The zero-order chi connectivity index (χ0) is 34.7. The van der Waals surface area contributed by atoms with Gasteiger partial charge in [-0.2, -0.15) is 13.2 Å². The fraction of sp³-hybridized carbons (Fsp3) is 0.250. The molecule has 5 rings (SSSR count). The molecule has 9 heteroatoms. The minimum absolute atomic E-state index is 0.0851. The fourth-order valence-electron chi connectivity index (χ4n) is 5.96. The second-order valence-corrected chi connectivity index (χ2v) is 12.3. The molecule has 0 radical (unpaired) electrons. The summed E-state index contributed by atoms with van der Waals surface area (Å²) in [6.45, 7) is 3.61. The van der Waals surface area contributed by atoms with E-state index in [1.807, 2.05) is 103 Å². The van der Waals surface area contributed by atoms with Gasteiger partial charge in [0.1, 0.15) is 5.75 Å². The van der Waals surface area contributed by atoms with Gasteiger partial charge in [-0.05, 0) is 65.9 Å². The van der Waals surface area contributed by atoms with Gasteiger partial charge in [0.25, 0.3) is 0 Å². The van der Waals surface area contributed by atoms with Gasteiger partial charge in [-0.25, -0.2) is 0 Å². The Morgan fingerprint density at radius 1 is 0.857 bits per heavy atom. The first-order valence-corrected chi connectivity index (χ1v) is 16.6. The third-order valence-electron chi connectivity index (χ3n) is 8.58. The van der Waals surface area contributed by atoms with Crippen LogP contribution >= 0.6 is 11.6 Å². The number of alkyl halides is 3. The normalized spacial score (nSPS) is 11.8. The number of carbonyl (C=O) groups is 1. The lowest BCUT2D eigenvalue weighted by Crippen LogP contribution is -2.45. The lowest BCUT2D eigenvalue weighted by Gasteiger charge is -2.43. The molecule has 5 nitrogen and oxygen atoms in total. The van der Waals surface area contributed by atoms with E-state index in [-0.39, 0.29) is 23.9 Å². The van der Waals surface area contributed by atoms with E-state index in [0.29, 0.717) is 43.9 Å². The zero-order valence-corrected chi connectivity index (χ0v) is 28.1. The van der Waals surface area contributed by atoms with Crippen LogP contribution in [0.4, 0.5) is 13.2 Å². The van der Waals surface area contributed by atoms with Crippen molar-refractivity contribution in [2.75, 3.05) is 19.7 Å². The Balaban J connectivity index is 1.29. The SMILES string of the molecule is CC(c1ccccc1)(c1ccccc1)N(CCCOc1cccc(CC(=O)NCCc2ccccn2)c1)Cc1cccc(C(F)(F)F)c1Cl. The summed E-state index contributed by atoms with van der Waals surface area (Å²) in [6, 6.07) is 37.1. The van der Waals surface area contributed by atoms with E-state index in [1.165, 1.54) is 6.07 Å². The van der Waals surface area contributed by atoms with Gasteiger partial charge >= 0.3 is 6.18 Å². The number of nitrogens with zero attached hydrogens (tertiary/aromatic N) is 2. The summed E-state index contributed by atoms with van der Waals surface area (Å²) in [5, 5.41) is 2.65. The number of benzene rings is 4. The Morgan fingerprint density at radius 2 is 1.53 bits per heavy atom. The van der Waals surface area contributed by atoms with Crippen LogP contribution in [0.2, 0.25) is 5.02 Å². The quantitative estimate of drug-likeness (QED) is 0.112. The maximum absolute atomic E-state index is 13.8. The molecule has 0 atom stereocenters. The van der Waals surface area contributed by atoms with Gasteiger partial charge in [0.05, 0.1) is 29.2 Å². The van der Waals surface area contributed by atoms with Crippen molar-refractivity contribution in [2.45, 2.75) is 44.4 Å². The molecule has 254 valence electrons. The summed E-state index contributed by atoms with van der Waals surface area (Å²) < 4.78 is 47.6. The zero-order valence-electron chi connectivity index (χ0n) is 27.3. The molecule has 0 aliphatic heterocycles. The number of hydrogen-bond acceptors (Lipinski definition) is 4. The number of carbonyl (C=O) groups excluding carboxylic acids is 1. The topological polar surface area (TPSA) is 54.5 Å². The van der Waals surface area contributed by atoms with Gasteiger partial charge in [0, 0.05) is 37.9 Å². The van der Waals surface area contributed by atoms with Gasteiger partial charge in [-0.15, -0.1) is 0 Å². The summed E-state index contributed by atoms with van der Waals surface area (Å²) in [4.78, 5) is 19.0. The number of ether oxygens (including phenoxy) is 1. The van der Waals surface area contributed by atoms with Crippen LogP contribution in [0.15, 0.2) is 128 Å². The van der Waals surface area contributed by atoms with Gasteiger partial charge in [-0.1, -0.05) is 103 Å². The van der Waals surface area contributed by atoms with E-state index < -0.39 is 17.3 Å². The van der Waals surface area contributed by atoms with Crippen LogP contribution in [-0.4, -0.2) is 35.5 Å². The Morgan fingerprint density at radius 3 is 2.18 bits per heavy atom. The van der Waals surface area contributed by atoms with Crippen LogP contribution in [0.25, 0.3) is 0 Å². The lowest BCUT2D eigenvalue weighted by molar-refractivity contribution is -0.137. The first kappa shape index (κ1) is 35.6. The molecule has 0 unspecified atom stereocenters. The molecule has 0 aliphatic carbocycles. The van der Waals surface area contributed by atoms with Crippen molar-refractivity contribution in [3.63, 3.8) is 0 Å². The minimum Gasteiger partial charge on any atom is -0.494 e. The van der Waals surface area contributed by atoms with Crippen molar-refractivity contribution in [1.82, 2.24) is 15.2 Å². The maximum Gasteiger partial charge on any atom is 0.417 e. The number of pyridine rings is 1. The van der Waals surface area contributed by atoms with E-state index in [0.717, 1.165) is 28.5 Å². The van der Waals surface area contributed by atoms with Gasteiger partial charge in [0.2, 0.25) is 5.91 Å². The number of aromatic nitrogens is 1. The molecule has 0 saturated carbocycles. The predicted octanol–water partition coefficient (Wildman–Crippen LogP) is 8.89. The molecule has 1 N–H and O–H groups in total. The molecule has 5 aromatic rings. The number of rotatable bonds is 15. The maximum atomic E-state index is 13.8. The fourth-order valence-corrected chi connectivity index (χ4v) is 6.25. The average Bonchev–Trinajstić information content (AvgIpc) is 3.11. The Kier molecular flexibility index (Phi) is 12.1. The molecule has 0 spiro atoms. The average molecular weight is 686 g/mol. The van der Waals surface area contributed by atoms with Crippen molar-refractivity contribution in [3.8, 4) is 5.75 Å². The van der Waals surface area contributed by atoms with Crippen LogP contribution in [0, 0.1) is 0 Å². The summed E-state index contributed by atoms with van der Waals surface area (Å²) >= 11 is 6.43. The summed E-state index contributed by atoms with van der Waals surface area (Å²) in [6.07, 6.45) is -1.39. The molecule has 1 amide bonds. The molecule has 0 fully saturated rings. The first-order chi connectivity index (χ1) is 23.6. The smallest absolute Gasteiger partial charge is 0.417 e. The van der Waals surface area contributed by atoms with E-state index in [9.17, 15) is 18.0 Å². The highest BCUT2D eigenvalue weighted by molar-refractivity contribution is 6.32. The van der Waals surface area contributed by atoms with E-state index >= 15 is 0 Å². The molecule has 0 aliphatic rings. The van der Waals surface area contributed by atoms with Crippen LogP contribution in [-0.2, 0) is 35.9 Å². The van der Waals surface area contributed by atoms with Gasteiger partial charge < -0.3 is 10.1 Å². The largest absolute Gasteiger partial charge is 0.494 e. The van der Waals surface area contributed by atoms with Crippen LogP contribution < -0.4 is 10.1 Å². The van der Waals surface area contributed by atoms with Gasteiger partial charge in [-0.3, -0.25) is 14.7 Å². The number of halogens is 4. The second-order valence-electron chi connectivity index (χ2n) is 11.9. The summed E-state index contributed by atoms with van der Waals surface area (Å²) in [5.41, 5.74) is 2.58. The van der Waals surface area contributed by atoms with Crippen LogP contribution in [0.5, 0.6) is 5.75 Å². The summed E-state index contributed by atoms with van der Waals surface area (Å²) in [7, 11) is 0. The van der Waals surface area contributed by atoms with Crippen molar-refractivity contribution < 1.29 is 22.7 Å². The Bertz CT molecular complexity index is 1750. The molecular formula is C40H39ClF3N3O2. The highest BCUT2D eigenvalue weighted by atomic mass is 35.5. The predicted molar refractivity (Wildman–Crippen MR) is 187 cm³/mol. The Labute approximate surface area is 290 Å². The number of hydrogen-bond donors (Lipinski definition) is 1. The van der Waals surface area contributed by atoms with Crippen molar-refractivity contribution in [3.05, 3.63) is 166 Å². The highest BCUT2D eigenvalue weighted by Crippen LogP contribution is 2.40. The first-order valence-electron chi connectivity index (χ1n) is 16.2. The number of amides is 1. The van der Waals surface area contributed by atoms with Crippen LogP contribution in [0.3, 0.4) is 0 Å². The molecule has 4 aromatic carbocycles. The molecule has 1 heterocycles. The molecule has 0 saturated heterocycles. The Hall–Kier alpha value is -4.66. The minimum atomic E-state index is -4.57. The second kappa shape index (κ2) is 16.6. The third kappa shape index (κ3) is 9.49. The van der Waals surface area contributed by atoms with E-state index in [2.05, 4.69) is 22.1 Å². The molecule has 1 aromatic heterocycles. The molecule has 0 bridgehead atoms. The van der Waals surface area contributed by atoms with Crippen molar-refractivity contribution in [2.24, 2.45) is 0 Å². The molecule has 49 heavy (non-hydrogen) atoms. The van der Waals surface area contributed by atoms with E-state index in [1.54, 1.807) is 12.3 Å². The highest BCUT2D eigenvalue weighted by Gasteiger charge is 2.38. The standard InChI is InChI=1S/C40H39ClF3N3O2/c1-39(32-15-4-2-5-16-32,33-17-6-3-7-18-33)47(29-31-14-11-21-36(38(31)41)40(42,43)44)25-12-26-49-35-20-10-13-30(27-35)28-37(48)46-24-22-34-19-8-9-23-45-34/h2-11,13-21,23,27H,12,22,24-26,28-29H2,1H3,(H,46,48). The van der Waals surface area contributed by atoms with Crippen molar-refractivity contribution in [1.29, 1.82) is 0 Å². The van der Waals surface area contributed by atoms with E-state index in [4.69, 9.17) is 16.3 Å². The van der Waals surface area contributed by atoms with Crippen LogP contribution in [0.1, 0.15) is 46.9 Å². The number of nitrogens with one attached hydrogen (secondary N) is 1. The third-order valence-corrected chi connectivity index (χ3v) is 9.03.